The zero-order valence-corrected chi connectivity index (χ0v) is 4.00. The second-order valence-electron chi connectivity index (χ2n) is 0.105. The maximum Gasteiger partial charge on any atom is 0.290 e. The van der Waals surface area contributed by atoms with E-state index in [0.717, 1.165) is 7.11 Å². The van der Waals surface area contributed by atoms with Gasteiger partial charge in [0.05, 0.1) is 0 Å². The molecule has 0 aliphatic heterocycles. The predicted octanol–water partition coefficient (Wildman–Crippen LogP) is -0.240. The standard InChI is InChI=1S/CH2O2.CH4O.CH2O.CH4/c2-1-3;2*1-2;/h1H,(H,2,3);2H,1H3;1H2;1H4. The SMILES string of the molecule is C.C=O.CO.O=CO. The lowest BCUT2D eigenvalue weighted by molar-refractivity contribution is -0.122. The van der Waals surface area contributed by atoms with Gasteiger partial charge in [0.2, 0.25) is 0 Å². The van der Waals surface area contributed by atoms with Gasteiger partial charge in [-0.3, -0.25) is 4.79 Å². The number of carbonyl (C=O) groups excluding carboxylic acids is 1. The molecule has 4 heteroatoms. The maximum absolute atomic E-state index is 8.36. The Hall–Kier alpha value is -0.900. The minimum absolute atomic E-state index is 0. The molecule has 0 fully saturated rings. The summed E-state index contributed by atoms with van der Waals surface area (Å²) in [6.45, 7) is 1.75. The van der Waals surface area contributed by atoms with Gasteiger partial charge in [0.15, 0.2) is 0 Å². The fourth-order valence-corrected chi connectivity index (χ4v) is 0. The van der Waals surface area contributed by atoms with Gasteiger partial charge >= 0.3 is 0 Å². The highest BCUT2D eigenvalue weighted by atomic mass is 16.3. The lowest BCUT2D eigenvalue weighted by Gasteiger charge is -1.34. The van der Waals surface area contributed by atoms with E-state index in [1.165, 1.54) is 0 Å². The average Bonchev–Trinajstić information content (AvgIpc) is 1.78. The Morgan fingerprint density at radius 1 is 1.38 bits per heavy atom. The van der Waals surface area contributed by atoms with Crippen molar-refractivity contribution < 1.29 is 19.8 Å². The minimum Gasteiger partial charge on any atom is -0.483 e. The van der Waals surface area contributed by atoms with Crippen molar-refractivity contribution in [2.75, 3.05) is 7.11 Å². The van der Waals surface area contributed by atoms with Crippen LogP contribution in [0.4, 0.5) is 0 Å². The number of hydrogen-bond acceptors (Lipinski definition) is 3. The molecule has 0 amide bonds. The van der Waals surface area contributed by atoms with Crippen LogP contribution < -0.4 is 0 Å². The largest absolute Gasteiger partial charge is 0.483 e. The Kier molecular flexibility index (Phi) is 54500. The Bertz CT molecular complexity index is 22.0. The van der Waals surface area contributed by atoms with E-state index in [2.05, 4.69) is 0 Å². The van der Waals surface area contributed by atoms with Gasteiger partial charge in [-0.1, -0.05) is 7.43 Å². The topological polar surface area (TPSA) is 74.6 Å². The van der Waals surface area contributed by atoms with Gasteiger partial charge < -0.3 is 15.0 Å². The molecule has 0 unspecified atom stereocenters. The summed E-state index contributed by atoms with van der Waals surface area (Å²) in [5.41, 5.74) is 0. The Morgan fingerprint density at radius 2 is 1.38 bits per heavy atom. The minimum atomic E-state index is -0.250. The van der Waals surface area contributed by atoms with E-state index in [1.807, 2.05) is 6.79 Å². The first-order valence-corrected chi connectivity index (χ1v) is 1.23. The molecule has 0 aliphatic carbocycles. The highest BCUT2D eigenvalue weighted by molar-refractivity contribution is 5.32. The molecule has 0 radical (unpaired) electrons. The Labute approximate surface area is 48.8 Å². The summed E-state index contributed by atoms with van der Waals surface area (Å²) < 4.78 is 0. The second kappa shape index (κ2) is 15900. The molecule has 8 heavy (non-hydrogen) atoms. The van der Waals surface area contributed by atoms with Crippen LogP contribution in [0.25, 0.3) is 0 Å². The molecule has 4 nitrogen and oxygen atoms in total. The molecule has 0 aromatic carbocycles. The molecular weight excluding hydrogens is 112 g/mol. The molecule has 0 heterocycles. The lowest BCUT2D eigenvalue weighted by atomic mass is 11.7. The normalized spacial score (nSPS) is 2.75. The van der Waals surface area contributed by atoms with Crippen LogP contribution in [-0.2, 0) is 9.59 Å². The van der Waals surface area contributed by atoms with Crippen LogP contribution in [-0.4, -0.2) is 30.6 Å². The summed E-state index contributed by atoms with van der Waals surface area (Å²) in [6, 6.07) is 0. The van der Waals surface area contributed by atoms with Gasteiger partial charge in [0.1, 0.15) is 6.79 Å². The number of carboxylic acid groups (broad SMARTS) is 1. The van der Waals surface area contributed by atoms with Gasteiger partial charge in [0, 0.05) is 7.11 Å². The molecule has 0 saturated heterocycles. The zero-order valence-electron chi connectivity index (χ0n) is 4.00. The number of aliphatic hydroxyl groups excluding tert-OH is 1. The molecule has 0 saturated carbocycles. The number of aliphatic hydroxyl groups is 1. The van der Waals surface area contributed by atoms with E-state index < -0.39 is 0 Å². The van der Waals surface area contributed by atoms with Crippen molar-refractivity contribution in [3.05, 3.63) is 0 Å². The van der Waals surface area contributed by atoms with Crippen molar-refractivity contribution in [1.29, 1.82) is 0 Å². The van der Waals surface area contributed by atoms with Gasteiger partial charge in [-0.05, 0) is 0 Å². The van der Waals surface area contributed by atoms with Crippen LogP contribution in [0.3, 0.4) is 0 Å². The average molecular weight is 124 g/mol. The summed E-state index contributed by atoms with van der Waals surface area (Å²) in [6.07, 6.45) is 0. The summed E-state index contributed by atoms with van der Waals surface area (Å²) in [7, 11) is 1.00. The van der Waals surface area contributed by atoms with Crippen LogP contribution in [0.1, 0.15) is 7.43 Å². The highest BCUT2D eigenvalue weighted by Gasteiger charge is 1.22. The van der Waals surface area contributed by atoms with Crippen molar-refractivity contribution in [3.63, 3.8) is 0 Å². The van der Waals surface area contributed by atoms with Crippen molar-refractivity contribution in [1.82, 2.24) is 0 Å². The highest BCUT2D eigenvalue weighted by Crippen LogP contribution is 0.966. The lowest BCUT2D eigenvalue weighted by Crippen LogP contribution is -1.49. The van der Waals surface area contributed by atoms with E-state index in [-0.39, 0.29) is 13.9 Å². The third-order valence-electron chi connectivity index (χ3n) is 0. The van der Waals surface area contributed by atoms with E-state index in [9.17, 15) is 0 Å². The molecule has 0 atom stereocenters. The fourth-order valence-electron chi connectivity index (χ4n) is 0. The van der Waals surface area contributed by atoms with Crippen LogP contribution in [0, 0.1) is 0 Å². The van der Waals surface area contributed by atoms with Gasteiger partial charge in [0.25, 0.3) is 6.47 Å². The summed E-state index contributed by atoms with van der Waals surface area (Å²) in [5.74, 6) is 0. The summed E-state index contributed by atoms with van der Waals surface area (Å²) in [4.78, 5) is 16.4. The van der Waals surface area contributed by atoms with Crippen molar-refractivity contribution >= 4 is 13.3 Å². The fraction of sp³-hybridized carbons (Fsp3) is 0.500. The predicted molar refractivity (Wildman–Crippen MR) is 30.7 cm³/mol. The zero-order chi connectivity index (χ0) is 6.71. The number of carbonyl (C=O) groups is 2. The van der Waals surface area contributed by atoms with E-state index in [1.54, 1.807) is 0 Å². The Balaban J connectivity index is -0.0000000147. The smallest absolute Gasteiger partial charge is 0.290 e. The number of hydrogen-bond donors (Lipinski definition) is 2. The molecule has 2 N–H and O–H groups in total. The molecule has 0 aromatic heterocycles. The quantitative estimate of drug-likeness (QED) is 0.437. The maximum atomic E-state index is 8.36. The van der Waals surface area contributed by atoms with Gasteiger partial charge in [-0.15, -0.1) is 0 Å². The molecular formula is C4H12O4. The monoisotopic (exact) mass is 124 g/mol. The molecule has 52 valence electrons. The summed E-state index contributed by atoms with van der Waals surface area (Å²) in [5, 5.41) is 13.9. The van der Waals surface area contributed by atoms with Crippen LogP contribution in [0.2, 0.25) is 0 Å². The molecule has 0 rings (SSSR count). The van der Waals surface area contributed by atoms with E-state index >= 15 is 0 Å². The third kappa shape index (κ3) is 106. The molecule has 0 aliphatic rings. The third-order valence-corrected chi connectivity index (χ3v) is 0. The van der Waals surface area contributed by atoms with Gasteiger partial charge in [-0.25, -0.2) is 0 Å². The van der Waals surface area contributed by atoms with E-state index in [4.69, 9.17) is 19.8 Å². The van der Waals surface area contributed by atoms with Crippen molar-refractivity contribution in [2.45, 2.75) is 7.43 Å². The van der Waals surface area contributed by atoms with Gasteiger partial charge in [-0.2, -0.15) is 0 Å². The van der Waals surface area contributed by atoms with E-state index in [0.29, 0.717) is 0 Å². The van der Waals surface area contributed by atoms with Crippen LogP contribution >= 0.6 is 0 Å². The van der Waals surface area contributed by atoms with Crippen molar-refractivity contribution in [3.8, 4) is 0 Å². The first-order valence-electron chi connectivity index (χ1n) is 1.23. The number of rotatable bonds is 0. The molecule has 0 bridgehead atoms. The Morgan fingerprint density at radius 3 is 1.38 bits per heavy atom. The van der Waals surface area contributed by atoms with Crippen LogP contribution in [0.5, 0.6) is 0 Å². The second-order valence-corrected chi connectivity index (χ2v) is 0.105. The molecule has 0 aromatic rings. The van der Waals surface area contributed by atoms with Crippen molar-refractivity contribution in [2.24, 2.45) is 0 Å². The van der Waals surface area contributed by atoms with Crippen LogP contribution in [0.15, 0.2) is 0 Å². The molecule has 0 spiro atoms. The summed E-state index contributed by atoms with van der Waals surface area (Å²) >= 11 is 0. The first kappa shape index (κ1) is 27.5. The first-order chi connectivity index (χ1) is 3.41.